The SMILES string of the molecule is Cc1ccc(C(C)NCC(C)N(C)C2CC2)cc1[N+](=O)[O-]. The van der Waals surface area contributed by atoms with Crippen molar-refractivity contribution < 1.29 is 4.92 Å². The van der Waals surface area contributed by atoms with Crippen molar-refractivity contribution in [3.05, 3.63) is 39.4 Å². The third-order valence-corrected chi connectivity index (χ3v) is 4.47. The molecule has 1 aliphatic carbocycles. The molecule has 0 amide bonds. The highest BCUT2D eigenvalue weighted by Crippen LogP contribution is 2.27. The number of rotatable bonds is 7. The molecule has 0 aliphatic heterocycles. The fraction of sp³-hybridized carbons (Fsp3) is 0.625. The van der Waals surface area contributed by atoms with E-state index < -0.39 is 0 Å². The van der Waals surface area contributed by atoms with Gasteiger partial charge in [0.2, 0.25) is 0 Å². The van der Waals surface area contributed by atoms with Gasteiger partial charge in [-0.3, -0.25) is 15.0 Å². The van der Waals surface area contributed by atoms with Crippen LogP contribution >= 0.6 is 0 Å². The highest BCUT2D eigenvalue weighted by molar-refractivity contribution is 5.43. The Hall–Kier alpha value is -1.46. The number of aryl methyl sites for hydroxylation is 1. The molecule has 0 spiro atoms. The van der Waals surface area contributed by atoms with E-state index in [0.717, 1.165) is 18.2 Å². The van der Waals surface area contributed by atoms with Crippen molar-refractivity contribution in [1.29, 1.82) is 0 Å². The summed E-state index contributed by atoms with van der Waals surface area (Å²) in [4.78, 5) is 13.1. The van der Waals surface area contributed by atoms with Crippen LogP contribution in [0.15, 0.2) is 18.2 Å². The Kier molecular flexibility index (Phi) is 4.96. The second-order valence-corrected chi connectivity index (χ2v) is 6.18. The molecule has 0 heterocycles. The third kappa shape index (κ3) is 4.02. The molecular formula is C16H25N3O2. The van der Waals surface area contributed by atoms with E-state index in [0.29, 0.717) is 11.6 Å². The van der Waals surface area contributed by atoms with E-state index in [9.17, 15) is 10.1 Å². The van der Waals surface area contributed by atoms with E-state index in [1.165, 1.54) is 12.8 Å². The minimum atomic E-state index is -0.310. The van der Waals surface area contributed by atoms with E-state index in [1.807, 2.05) is 12.1 Å². The van der Waals surface area contributed by atoms with Gasteiger partial charge in [-0.25, -0.2) is 0 Å². The number of hydrogen-bond donors (Lipinski definition) is 1. The molecule has 0 radical (unpaired) electrons. The number of nitrogens with zero attached hydrogens (tertiary/aromatic N) is 2. The van der Waals surface area contributed by atoms with Crippen molar-refractivity contribution >= 4 is 5.69 Å². The highest BCUT2D eigenvalue weighted by Gasteiger charge is 2.29. The van der Waals surface area contributed by atoms with Crippen molar-refractivity contribution in [2.45, 2.75) is 51.7 Å². The summed E-state index contributed by atoms with van der Waals surface area (Å²) >= 11 is 0. The summed E-state index contributed by atoms with van der Waals surface area (Å²) < 4.78 is 0. The van der Waals surface area contributed by atoms with Crippen LogP contribution in [0.3, 0.4) is 0 Å². The van der Waals surface area contributed by atoms with Crippen LogP contribution in [0.25, 0.3) is 0 Å². The maximum atomic E-state index is 11.0. The van der Waals surface area contributed by atoms with E-state index >= 15 is 0 Å². The number of hydrogen-bond acceptors (Lipinski definition) is 4. The number of benzene rings is 1. The third-order valence-electron chi connectivity index (χ3n) is 4.47. The highest BCUT2D eigenvalue weighted by atomic mass is 16.6. The summed E-state index contributed by atoms with van der Waals surface area (Å²) in [6, 6.07) is 6.81. The zero-order valence-electron chi connectivity index (χ0n) is 13.3. The molecule has 1 fully saturated rings. The smallest absolute Gasteiger partial charge is 0.272 e. The van der Waals surface area contributed by atoms with Gasteiger partial charge >= 0.3 is 0 Å². The molecule has 1 N–H and O–H groups in total. The number of nitro groups is 1. The fourth-order valence-corrected chi connectivity index (χ4v) is 2.54. The van der Waals surface area contributed by atoms with Gasteiger partial charge in [-0.15, -0.1) is 0 Å². The monoisotopic (exact) mass is 291 g/mol. The summed E-state index contributed by atoms with van der Waals surface area (Å²) in [5, 5.41) is 14.5. The van der Waals surface area contributed by atoms with Crippen LogP contribution in [0.5, 0.6) is 0 Å². The van der Waals surface area contributed by atoms with Crippen LogP contribution < -0.4 is 5.32 Å². The first-order chi connectivity index (χ1) is 9.90. The molecule has 116 valence electrons. The van der Waals surface area contributed by atoms with Gasteiger partial charge in [0.15, 0.2) is 0 Å². The molecule has 5 heteroatoms. The van der Waals surface area contributed by atoms with Gasteiger partial charge in [0, 0.05) is 36.3 Å². The van der Waals surface area contributed by atoms with Crippen molar-refractivity contribution in [3.63, 3.8) is 0 Å². The lowest BCUT2D eigenvalue weighted by Crippen LogP contribution is -2.39. The molecule has 5 nitrogen and oxygen atoms in total. The van der Waals surface area contributed by atoms with Crippen LogP contribution in [-0.2, 0) is 0 Å². The van der Waals surface area contributed by atoms with Gasteiger partial charge in [0.25, 0.3) is 5.69 Å². The zero-order valence-corrected chi connectivity index (χ0v) is 13.3. The Bertz CT molecular complexity index is 514. The first kappa shape index (κ1) is 15.9. The standard InChI is InChI=1S/C16H25N3O2/c1-11-5-6-14(9-16(11)19(20)21)13(3)17-10-12(2)18(4)15-7-8-15/h5-6,9,12-13,15,17H,7-8,10H2,1-4H3. The topological polar surface area (TPSA) is 58.4 Å². The fourth-order valence-electron chi connectivity index (χ4n) is 2.54. The van der Waals surface area contributed by atoms with Gasteiger partial charge < -0.3 is 5.32 Å². The minimum Gasteiger partial charge on any atom is -0.309 e. The molecule has 1 aliphatic rings. The Balaban J connectivity index is 1.95. The van der Waals surface area contributed by atoms with Crippen LogP contribution in [0.4, 0.5) is 5.69 Å². The summed E-state index contributed by atoms with van der Waals surface area (Å²) in [7, 11) is 2.17. The summed E-state index contributed by atoms with van der Waals surface area (Å²) in [6.45, 7) is 6.93. The Morgan fingerprint density at radius 1 is 1.43 bits per heavy atom. The Morgan fingerprint density at radius 2 is 2.10 bits per heavy atom. The van der Waals surface area contributed by atoms with E-state index in [2.05, 4.69) is 31.1 Å². The first-order valence-corrected chi connectivity index (χ1v) is 7.60. The molecule has 1 aromatic carbocycles. The lowest BCUT2D eigenvalue weighted by molar-refractivity contribution is -0.385. The lowest BCUT2D eigenvalue weighted by Gasteiger charge is -2.26. The number of likely N-dealkylation sites (N-methyl/N-ethyl adjacent to an activating group) is 1. The molecular weight excluding hydrogens is 266 g/mol. The van der Waals surface area contributed by atoms with E-state index in [4.69, 9.17) is 0 Å². The summed E-state index contributed by atoms with van der Waals surface area (Å²) in [6.07, 6.45) is 2.61. The van der Waals surface area contributed by atoms with E-state index in [-0.39, 0.29) is 16.7 Å². The number of nitro benzene ring substituents is 1. The maximum absolute atomic E-state index is 11.0. The lowest BCUT2D eigenvalue weighted by atomic mass is 10.0. The largest absolute Gasteiger partial charge is 0.309 e. The molecule has 0 saturated heterocycles. The van der Waals surface area contributed by atoms with Crippen molar-refractivity contribution in [2.75, 3.05) is 13.6 Å². The van der Waals surface area contributed by atoms with Gasteiger partial charge in [-0.05, 0) is 46.2 Å². The van der Waals surface area contributed by atoms with Crippen LogP contribution in [0, 0.1) is 17.0 Å². The first-order valence-electron chi connectivity index (χ1n) is 7.60. The summed E-state index contributed by atoms with van der Waals surface area (Å²) in [5.41, 5.74) is 1.87. The average Bonchev–Trinajstić information content (AvgIpc) is 3.28. The van der Waals surface area contributed by atoms with Crippen LogP contribution in [-0.4, -0.2) is 35.5 Å². The molecule has 1 saturated carbocycles. The second-order valence-electron chi connectivity index (χ2n) is 6.18. The molecule has 2 unspecified atom stereocenters. The molecule has 2 atom stereocenters. The second kappa shape index (κ2) is 6.54. The van der Waals surface area contributed by atoms with Gasteiger partial charge in [0.1, 0.15) is 0 Å². The van der Waals surface area contributed by atoms with Crippen LogP contribution in [0.2, 0.25) is 0 Å². The van der Waals surface area contributed by atoms with Crippen LogP contribution in [0.1, 0.15) is 43.9 Å². The van der Waals surface area contributed by atoms with E-state index in [1.54, 1.807) is 13.0 Å². The van der Waals surface area contributed by atoms with Crippen molar-refractivity contribution in [2.24, 2.45) is 0 Å². The molecule has 0 aromatic heterocycles. The Morgan fingerprint density at radius 3 is 2.67 bits per heavy atom. The minimum absolute atomic E-state index is 0.111. The zero-order chi connectivity index (χ0) is 15.6. The molecule has 1 aromatic rings. The number of nitrogens with one attached hydrogen (secondary N) is 1. The predicted molar refractivity (Wildman–Crippen MR) is 84.5 cm³/mol. The predicted octanol–water partition coefficient (Wildman–Crippen LogP) is 3.04. The van der Waals surface area contributed by atoms with Gasteiger partial charge in [-0.1, -0.05) is 12.1 Å². The van der Waals surface area contributed by atoms with Crippen molar-refractivity contribution in [1.82, 2.24) is 10.2 Å². The normalized spacial score (nSPS) is 17.8. The van der Waals surface area contributed by atoms with Gasteiger partial charge in [0.05, 0.1) is 4.92 Å². The molecule has 21 heavy (non-hydrogen) atoms. The quantitative estimate of drug-likeness (QED) is 0.619. The summed E-state index contributed by atoms with van der Waals surface area (Å²) in [5.74, 6) is 0. The Labute approximate surface area is 126 Å². The maximum Gasteiger partial charge on any atom is 0.272 e. The van der Waals surface area contributed by atoms with Gasteiger partial charge in [-0.2, -0.15) is 0 Å². The van der Waals surface area contributed by atoms with Crippen molar-refractivity contribution in [3.8, 4) is 0 Å². The molecule has 2 rings (SSSR count). The average molecular weight is 291 g/mol. The molecule has 0 bridgehead atoms.